The van der Waals surface area contributed by atoms with Gasteiger partial charge in [-0.05, 0) is 37.8 Å². The van der Waals surface area contributed by atoms with Crippen LogP contribution in [0.1, 0.15) is 46.4 Å². The Morgan fingerprint density at radius 1 is 1.28 bits per heavy atom. The molecule has 2 aromatic rings. The number of carbonyl (C=O) groups excluding carboxylic acids is 2. The lowest BCUT2D eigenvalue weighted by molar-refractivity contribution is -0.132. The van der Waals surface area contributed by atoms with Crippen LogP contribution in [0.15, 0.2) is 30.7 Å². The number of carbonyl (C=O) groups is 2. The highest BCUT2D eigenvalue weighted by Crippen LogP contribution is 2.31. The average molecular weight is 396 g/mol. The molecule has 4 rings (SSSR count). The Balaban J connectivity index is 1.45. The van der Waals surface area contributed by atoms with Crippen LogP contribution in [0.2, 0.25) is 0 Å². The van der Waals surface area contributed by atoms with Crippen molar-refractivity contribution in [3.63, 3.8) is 0 Å². The first kappa shape index (κ1) is 19.6. The van der Waals surface area contributed by atoms with Gasteiger partial charge in [-0.25, -0.2) is 4.98 Å². The number of ether oxygens (including phenoxy) is 1. The summed E-state index contributed by atoms with van der Waals surface area (Å²) in [6, 6.07) is 6.36. The second-order valence-electron chi connectivity index (χ2n) is 8.22. The number of imidazole rings is 1. The molecule has 0 unspecified atom stereocenters. The summed E-state index contributed by atoms with van der Waals surface area (Å²) in [6.07, 6.45) is 4.93. The fourth-order valence-corrected chi connectivity index (χ4v) is 4.33. The predicted octanol–water partition coefficient (Wildman–Crippen LogP) is 2.45. The second-order valence-corrected chi connectivity index (χ2v) is 8.22. The molecule has 1 aromatic heterocycles. The number of rotatable bonds is 3. The third kappa shape index (κ3) is 4.19. The predicted molar refractivity (Wildman–Crippen MR) is 108 cm³/mol. The van der Waals surface area contributed by atoms with E-state index in [1.54, 1.807) is 6.20 Å². The Labute approximate surface area is 171 Å². The van der Waals surface area contributed by atoms with Crippen molar-refractivity contribution in [1.29, 1.82) is 0 Å². The van der Waals surface area contributed by atoms with Gasteiger partial charge in [0.25, 0.3) is 5.91 Å². The number of benzene rings is 1. The van der Waals surface area contributed by atoms with Crippen molar-refractivity contribution >= 4 is 11.8 Å². The SMILES string of the molecule is Cc1ccc(CN2CC3(CCN(C(=O)c4cnc[nH]4)CC3)OCCC2=O)c(C)c1. The number of nitrogens with zero attached hydrogens (tertiary/aromatic N) is 3. The lowest BCUT2D eigenvalue weighted by Crippen LogP contribution is -2.53. The third-order valence-corrected chi connectivity index (χ3v) is 6.11. The van der Waals surface area contributed by atoms with Crippen LogP contribution < -0.4 is 0 Å². The van der Waals surface area contributed by atoms with E-state index >= 15 is 0 Å². The van der Waals surface area contributed by atoms with Gasteiger partial charge in [0.05, 0.1) is 37.7 Å². The van der Waals surface area contributed by atoms with Gasteiger partial charge in [-0.15, -0.1) is 0 Å². The summed E-state index contributed by atoms with van der Waals surface area (Å²) in [7, 11) is 0. The molecule has 0 aliphatic carbocycles. The lowest BCUT2D eigenvalue weighted by Gasteiger charge is -2.42. The number of aromatic nitrogens is 2. The summed E-state index contributed by atoms with van der Waals surface area (Å²) in [5.74, 6) is 0.104. The van der Waals surface area contributed by atoms with Crippen LogP contribution >= 0.6 is 0 Å². The van der Waals surface area contributed by atoms with E-state index < -0.39 is 0 Å². The molecule has 2 fully saturated rings. The molecule has 1 spiro atoms. The van der Waals surface area contributed by atoms with Crippen molar-refractivity contribution in [2.75, 3.05) is 26.2 Å². The van der Waals surface area contributed by atoms with Crippen LogP contribution in [0.4, 0.5) is 0 Å². The molecule has 2 saturated heterocycles. The normalized spacial score (nSPS) is 19.4. The number of likely N-dealkylation sites (tertiary alicyclic amines) is 1. The van der Waals surface area contributed by atoms with Gasteiger partial charge in [0.2, 0.25) is 5.91 Å². The molecule has 0 radical (unpaired) electrons. The van der Waals surface area contributed by atoms with Crippen LogP contribution in [0.25, 0.3) is 0 Å². The minimum Gasteiger partial charge on any atom is -0.372 e. The van der Waals surface area contributed by atoms with E-state index in [9.17, 15) is 9.59 Å². The lowest BCUT2D eigenvalue weighted by atomic mass is 9.90. The number of hydrogen-bond acceptors (Lipinski definition) is 4. The Hall–Kier alpha value is -2.67. The largest absolute Gasteiger partial charge is 0.372 e. The van der Waals surface area contributed by atoms with Gasteiger partial charge in [-0.2, -0.15) is 0 Å². The van der Waals surface area contributed by atoms with Gasteiger partial charge in [0.15, 0.2) is 0 Å². The van der Waals surface area contributed by atoms with E-state index in [4.69, 9.17) is 4.74 Å². The van der Waals surface area contributed by atoms with E-state index in [0.29, 0.717) is 44.9 Å². The van der Waals surface area contributed by atoms with Crippen LogP contribution in [0.5, 0.6) is 0 Å². The number of aromatic amines is 1. The van der Waals surface area contributed by atoms with Gasteiger partial charge in [-0.3, -0.25) is 9.59 Å². The van der Waals surface area contributed by atoms with E-state index in [1.807, 2.05) is 9.80 Å². The monoisotopic (exact) mass is 396 g/mol. The highest BCUT2D eigenvalue weighted by molar-refractivity contribution is 5.92. The van der Waals surface area contributed by atoms with Gasteiger partial charge in [0, 0.05) is 19.6 Å². The Bertz CT molecular complexity index is 885. The topological polar surface area (TPSA) is 78.5 Å². The molecule has 7 heteroatoms. The fourth-order valence-electron chi connectivity index (χ4n) is 4.33. The van der Waals surface area contributed by atoms with Gasteiger partial charge >= 0.3 is 0 Å². The maximum Gasteiger partial charge on any atom is 0.271 e. The van der Waals surface area contributed by atoms with Crippen molar-refractivity contribution in [1.82, 2.24) is 19.8 Å². The van der Waals surface area contributed by atoms with Crippen molar-refractivity contribution in [2.45, 2.75) is 45.3 Å². The van der Waals surface area contributed by atoms with E-state index in [2.05, 4.69) is 42.0 Å². The molecule has 2 amide bonds. The molecule has 154 valence electrons. The number of hydrogen-bond donors (Lipinski definition) is 1. The molecule has 0 saturated carbocycles. The number of aryl methyl sites for hydroxylation is 2. The zero-order valence-electron chi connectivity index (χ0n) is 17.1. The number of amides is 2. The average Bonchev–Trinajstić information content (AvgIpc) is 3.19. The minimum absolute atomic E-state index is 0.0332. The molecule has 3 heterocycles. The summed E-state index contributed by atoms with van der Waals surface area (Å²) in [5, 5.41) is 0. The summed E-state index contributed by atoms with van der Waals surface area (Å²) < 4.78 is 6.22. The first-order valence-electron chi connectivity index (χ1n) is 10.2. The first-order chi connectivity index (χ1) is 14.0. The first-order valence-corrected chi connectivity index (χ1v) is 10.2. The number of nitrogens with one attached hydrogen (secondary N) is 1. The molecule has 0 bridgehead atoms. The zero-order valence-corrected chi connectivity index (χ0v) is 17.1. The van der Waals surface area contributed by atoms with Gasteiger partial charge in [0.1, 0.15) is 5.69 Å². The highest BCUT2D eigenvalue weighted by atomic mass is 16.5. The highest BCUT2D eigenvalue weighted by Gasteiger charge is 2.41. The smallest absolute Gasteiger partial charge is 0.271 e. The van der Waals surface area contributed by atoms with Crippen molar-refractivity contribution < 1.29 is 14.3 Å². The molecule has 1 aromatic carbocycles. The van der Waals surface area contributed by atoms with Gasteiger partial charge in [-0.1, -0.05) is 23.8 Å². The van der Waals surface area contributed by atoms with Crippen LogP contribution in [-0.4, -0.2) is 63.4 Å². The Kier molecular flexibility index (Phi) is 5.41. The van der Waals surface area contributed by atoms with Gasteiger partial charge < -0.3 is 19.5 Å². The molecule has 29 heavy (non-hydrogen) atoms. The summed E-state index contributed by atoms with van der Waals surface area (Å²) >= 11 is 0. The Morgan fingerprint density at radius 3 is 2.76 bits per heavy atom. The summed E-state index contributed by atoms with van der Waals surface area (Å²) in [6.45, 7) is 7.02. The van der Waals surface area contributed by atoms with Crippen molar-refractivity contribution in [3.05, 3.63) is 53.1 Å². The molecular weight excluding hydrogens is 368 g/mol. The quantitative estimate of drug-likeness (QED) is 0.864. The molecule has 0 atom stereocenters. The van der Waals surface area contributed by atoms with E-state index in [0.717, 1.165) is 12.8 Å². The van der Waals surface area contributed by atoms with Crippen LogP contribution in [0, 0.1) is 13.8 Å². The van der Waals surface area contributed by atoms with Crippen molar-refractivity contribution in [3.8, 4) is 0 Å². The maximum absolute atomic E-state index is 12.7. The second kappa shape index (κ2) is 7.99. The number of piperidine rings is 1. The van der Waals surface area contributed by atoms with E-state index in [-0.39, 0.29) is 17.4 Å². The van der Waals surface area contributed by atoms with Crippen LogP contribution in [0.3, 0.4) is 0 Å². The summed E-state index contributed by atoms with van der Waals surface area (Å²) in [4.78, 5) is 35.9. The minimum atomic E-state index is -0.379. The van der Waals surface area contributed by atoms with Crippen molar-refractivity contribution in [2.24, 2.45) is 0 Å². The molecule has 7 nitrogen and oxygen atoms in total. The molecular formula is C22H28N4O3. The third-order valence-electron chi connectivity index (χ3n) is 6.11. The Morgan fingerprint density at radius 2 is 2.07 bits per heavy atom. The molecule has 2 aliphatic rings. The fraction of sp³-hybridized carbons (Fsp3) is 0.500. The maximum atomic E-state index is 12.7. The molecule has 1 N–H and O–H groups in total. The van der Waals surface area contributed by atoms with E-state index in [1.165, 1.54) is 23.0 Å². The van der Waals surface area contributed by atoms with Crippen LogP contribution in [-0.2, 0) is 16.1 Å². The standard InChI is InChI=1S/C22H28N4O3/c1-16-3-4-18(17(2)11-16)13-26-14-22(29-10-5-20(26)27)6-8-25(9-7-22)21(28)19-12-23-15-24-19/h3-4,11-12,15H,5-10,13-14H2,1-2H3,(H,23,24). The summed E-state index contributed by atoms with van der Waals surface area (Å²) in [5.41, 5.74) is 3.73. The zero-order chi connectivity index (χ0) is 20.4. The molecule has 2 aliphatic heterocycles. The number of H-pyrrole nitrogens is 1.